The molecule has 0 amide bonds. The van der Waals surface area contributed by atoms with Gasteiger partial charge in [-0.1, -0.05) is 36.4 Å². The van der Waals surface area contributed by atoms with Crippen LogP contribution in [-0.4, -0.2) is 14.2 Å². The largest absolute Gasteiger partial charge is 0.495 e. The lowest BCUT2D eigenvalue weighted by Gasteiger charge is -2.13. The Bertz CT molecular complexity index is 526. The van der Waals surface area contributed by atoms with Gasteiger partial charge in [-0.05, 0) is 23.3 Å². The van der Waals surface area contributed by atoms with Crippen molar-refractivity contribution in [2.75, 3.05) is 19.5 Å². The van der Waals surface area contributed by atoms with Crippen molar-refractivity contribution >= 4 is 5.69 Å². The van der Waals surface area contributed by atoms with Crippen LogP contribution < -0.4 is 10.1 Å². The topological polar surface area (TPSA) is 30.5 Å². The number of nitrogens with one attached hydrogen (secondary N) is 1. The molecular weight excluding hydrogens is 238 g/mol. The molecule has 0 aliphatic heterocycles. The fourth-order valence-corrected chi connectivity index (χ4v) is 2.01. The Morgan fingerprint density at radius 3 is 2.32 bits per heavy atom. The number of rotatable bonds is 6. The van der Waals surface area contributed by atoms with Crippen LogP contribution in [0.4, 0.5) is 5.69 Å². The summed E-state index contributed by atoms with van der Waals surface area (Å²) in [6.45, 7) is 1.38. The van der Waals surface area contributed by atoms with Crippen LogP contribution in [0.25, 0.3) is 0 Å². The Balaban J connectivity index is 2.10. The second-order valence-electron chi connectivity index (χ2n) is 4.26. The Labute approximate surface area is 114 Å². The van der Waals surface area contributed by atoms with Crippen LogP contribution in [-0.2, 0) is 17.9 Å². The highest BCUT2D eigenvalue weighted by molar-refractivity contribution is 5.56. The maximum Gasteiger partial charge on any atom is 0.141 e. The van der Waals surface area contributed by atoms with Crippen molar-refractivity contribution in [3.8, 4) is 5.75 Å². The van der Waals surface area contributed by atoms with Crippen molar-refractivity contribution in [3.63, 3.8) is 0 Å². The molecule has 100 valence electrons. The summed E-state index contributed by atoms with van der Waals surface area (Å²) in [6.07, 6.45) is 0. The molecule has 2 aromatic carbocycles. The number of benzene rings is 2. The average molecular weight is 257 g/mol. The highest BCUT2D eigenvalue weighted by atomic mass is 16.5. The molecule has 0 radical (unpaired) electrons. The first-order chi connectivity index (χ1) is 9.35. The smallest absolute Gasteiger partial charge is 0.141 e. The van der Waals surface area contributed by atoms with Crippen LogP contribution >= 0.6 is 0 Å². The number of ether oxygens (including phenoxy) is 2. The van der Waals surface area contributed by atoms with E-state index in [1.807, 2.05) is 36.4 Å². The average Bonchev–Trinajstić information content (AvgIpc) is 2.47. The molecule has 19 heavy (non-hydrogen) atoms. The van der Waals surface area contributed by atoms with Crippen molar-refractivity contribution in [1.29, 1.82) is 0 Å². The molecule has 0 aliphatic carbocycles. The Hall–Kier alpha value is -2.00. The number of anilines is 1. The summed E-state index contributed by atoms with van der Waals surface area (Å²) < 4.78 is 10.5. The molecule has 2 aromatic rings. The third-order valence-electron chi connectivity index (χ3n) is 2.99. The highest BCUT2D eigenvalue weighted by Crippen LogP contribution is 2.24. The van der Waals surface area contributed by atoms with Crippen molar-refractivity contribution in [2.45, 2.75) is 13.2 Å². The third kappa shape index (κ3) is 3.48. The maximum atomic E-state index is 5.32. The van der Waals surface area contributed by atoms with Crippen LogP contribution in [0, 0.1) is 0 Å². The Morgan fingerprint density at radius 1 is 0.895 bits per heavy atom. The van der Waals surface area contributed by atoms with E-state index in [2.05, 4.69) is 17.4 Å². The normalized spacial score (nSPS) is 10.2. The standard InChI is InChI=1S/C16H19NO2/c1-18-12-14-8-4-3-7-13(14)11-17-15-9-5-6-10-16(15)19-2/h3-10,17H,11-12H2,1-2H3. The van der Waals surface area contributed by atoms with Crippen LogP contribution in [0.5, 0.6) is 5.75 Å². The van der Waals surface area contributed by atoms with E-state index in [1.54, 1.807) is 14.2 Å². The summed E-state index contributed by atoms with van der Waals surface area (Å²) in [5.41, 5.74) is 3.43. The van der Waals surface area contributed by atoms with Gasteiger partial charge in [0.15, 0.2) is 0 Å². The second kappa shape index (κ2) is 6.81. The molecule has 0 saturated heterocycles. The summed E-state index contributed by atoms with van der Waals surface area (Å²) in [7, 11) is 3.39. The van der Waals surface area contributed by atoms with Gasteiger partial charge in [0.1, 0.15) is 5.75 Å². The molecule has 0 bridgehead atoms. The first-order valence-corrected chi connectivity index (χ1v) is 6.27. The van der Waals surface area contributed by atoms with Gasteiger partial charge in [0, 0.05) is 13.7 Å². The molecule has 3 heteroatoms. The van der Waals surface area contributed by atoms with Gasteiger partial charge in [0.25, 0.3) is 0 Å². The minimum atomic E-state index is 0.629. The van der Waals surface area contributed by atoms with Gasteiger partial charge in [-0.15, -0.1) is 0 Å². The van der Waals surface area contributed by atoms with Gasteiger partial charge in [0.2, 0.25) is 0 Å². The predicted molar refractivity (Wildman–Crippen MR) is 77.5 cm³/mol. The first-order valence-electron chi connectivity index (χ1n) is 6.27. The van der Waals surface area contributed by atoms with Crippen LogP contribution in [0.3, 0.4) is 0 Å². The lowest BCUT2D eigenvalue weighted by Crippen LogP contribution is -2.04. The SMILES string of the molecule is COCc1ccccc1CNc1ccccc1OC. The summed E-state index contributed by atoms with van der Waals surface area (Å²) in [4.78, 5) is 0. The molecule has 0 heterocycles. The zero-order chi connectivity index (χ0) is 13.5. The van der Waals surface area contributed by atoms with Gasteiger partial charge in [-0.25, -0.2) is 0 Å². The molecule has 0 fully saturated rings. The maximum absolute atomic E-state index is 5.32. The van der Waals surface area contributed by atoms with Gasteiger partial charge < -0.3 is 14.8 Å². The number of hydrogen-bond acceptors (Lipinski definition) is 3. The quantitative estimate of drug-likeness (QED) is 0.859. The molecule has 0 saturated carbocycles. The molecule has 0 spiro atoms. The van der Waals surface area contributed by atoms with Gasteiger partial charge >= 0.3 is 0 Å². The van der Waals surface area contributed by atoms with Crippen molar-refractivity contribution in [3.05, 3.63) is 59.7 Å². The van der Waals surface area contributed by atoms with Gasteiger partial charge in [-0.3, -0.25) is 0 Å². The summed E-state index contributed by atoms with van der Waals surface area (Å²) >= 11 is 0. The van der Waals surface area contributed by atoms with Crippen LogP contribution in [0.1, 0.15) is 11.1 Å². The van der Waals surface area contributed by atoms with E-state index in [1.165, 1.54) is 11.1 Å². The zero-order valence-corrected chi connectivity index (χ0v) is 11.3. The fourth-order valence-electron chi connectivity index (χ4n) is 2.01. The minimum Gasteiger partial charge on any atom is -0.495 e. The third-order valence-corrected chi connectivity index (χ3v) is 2.99. The van der Waals surface area contributed by atoms with E-state index in [-0.39, 0.29) is 0 Å². The molecule has 2 rings (SSSR count). The minimum absolute atomic E-state index is 0.629. The fraction of sp³-hybridized carbons (Fsp3) is 0.250. The summed E-state index contributed by atoms with van der Waals surface area (Å²) in [6, 6.07) is 16.2. The van der Waals surface area contributed by atoms with E-state index in [4.69, 9.17) is 9.47 Å². The molecule has 3 nitrogen and oxygen atoms in total. The van der Waals surface area contributed by atoms with Gasteiger partial charge in [-0.2, -0.15) is 0 Å². The molecule has 0 atom stereocenters. The van der Waals surface area contributed by atoms with Crippen LogP contribution in [0.2, 0.25) is 0 Å². The monoisotopic (exact) mass is 257 g/mol. The number of hydrogen-bond donors (Lipinski definition) is 1. The number of methoxy groups -OCH3 is 2. The lowest BCUT2D eigenvalue weighted by atomic mass is 10.1. The van der Waals surface area contributed by atoms with Crippen molar-refractivity contribution < 1.29 is 9.47 Å². The summed E-state index contributed by atoms with van der Waals surface area (Å²) in [5.74, 6) is 0.853. The summed E-state index contributed by atoms with van der Waals surface area (Å²) in [5, 5.41) is 3.40. The Kier molecular flexibility index (Phi) is 4.81. The van der Waals surface area contributed by atoms with Gasteiger partial charge in [0.05, 0.1) is 19.4 Å². The van der Waals surface area contributed by atoms with E-state index < -0.39 is 0 Å². The lowest BCUT2D eigenvalue weighted by molar-refractivity contribution is 0.184. The highest BCUT2D eigenvalue weighted by Gasteiger charge is 2.04. The van der Waals surface area contributed by atoms with Crippen LogP contribution in [0.15, 0.2) is 48.5 Å². The zero-order valence-electron chi connectivity index (χ0n) is 11.3. The number of para-hydroxylation sites is 2. The first kappa shape index (κ1) is 13.4. The van der Waals surface area contributed by atoms with E-state index in [9.17, 15) is 0 Å². The molecule has 0 aliphatic rings. The van der Waals surface area contributed by atoms with E-state index >= 15 is 0 Å². The van der Waals surface area contributed by atoms with E-state index in [0.717, 1.165) is 18.0 Å². The molecule has 0 aromatic heterocycles. The Morgan fingerprint density at radius 2 is 1.58 bits per heavy atom. The van der Waals surface area contributed by atoms with Crippen molar-refractivity contribution in [1.82, 2.24) is 0 Å². The second-order valence-corrected chi connectivity index (χ2v) is 4.26. The molecule has 0 unspecified atom stereocenters. The van der Waals surface area contributed by atoms with Crippen molar-refractivity contribution in [2.24, 2.45) is 0 Å². The molecule has 1 N–H and O–H groups in total. The predicted octanol–water partition coefficient (Wildman–Crippen LogP) is 3.45. The molecular formula is C16H19NO2. The van der Waals surface area contributed by atoms with E-state index in [0.29, 0.717) is 6.61 Å².